The van der Waals surface area contributed by atoms with Gasteiger partial charge in [-0.3, -0.25) is 0 Å². The van der Waals surface area contributed by atoms with Crippen molar-refractivity contribution < 1.29 is 0 Å². The van der Waals surface area contributed by atoms with E-state index in [2.05, 4.69) is 35.3 Å². The van der Waals surface area contributed by atoms with Crippen molar-refractivity contribution >= 4 is 5.69 Å². The van der Waals surface area contributed by atoms with Gasteiger partial charge in [0.25, 0.3) is 0 Å². The lowest BCUT2D eigenvalue weighted by Gasteiger charge is -2.34. The van der Waals surface area contributed by atoms with E-state index < -0.39 is 0 Å². The lowest BCUT2D eigenvalue weighted by atomic mass is 10.1. The highest BCUT2D eigenvalue weighted by Gasteiger charge is 2.18. The van der Waals surface area contributed by atoms with Crippen LogP contribution in [0.3, 0.4) is 0 Å². The standard InChI is InChI=1S/C13H17N3/c1-10-3-4-13(12(7-10)8-14)16-6-5-15-11(2)9-16/h3-4,7,11,15H,5-6,9H2,1-2H3/t11-/m0/s1. The fourth-order valence-corrected chi connectivity index (χ4v) is 2.17. The summed E-state index contributed by atoms with van der Waals surface area (Å²) in [5.41, 5.74) is 3.00. The summed E-state index contributed by atoms with van der Waals surface area (Å²) >= 11 is 0. The highest BCUT2D eigenvalue weighted by molar-refractivity contribution is 5.60. The van der Waals surface area contributed by atoms with Crippen LogP contribution >= 0.6 is 0 Å². The van der Waals surface area contributed by atoms with Gasteiger partial charge in [-0.25, -0.2) is 0 Å². The van der Waals surface area contributed by atoms with Gasteiger partial charge in [-0.2, -0.15) is 5.26 Å². The number of nitriles is 1. The Hall–Kier alpha value is -1.53. The molecule has 84 valence electrons. The van der Waals surface area contributed by atoms with Gasteiger partial charge in [0, 0.05) is 25.7 Å². The average Bonchev–Trinajstić information content (AvgIpc) is 2.28. The Morgan fingerprint density at radius 2 is 2.31 bits per heavy atom. The highest BCUT2D eigenvalue weighted by atomic mass is 15.2. The predicted molar refractivity (Wildman–Crippen MR) is 65.6 cm³/mol. The van der Waals surface area contributed by atoms with Crippen LogP contribution in [-0.2, 0) is 0 Å². The SMILES string of the molecule is Cc1ccc(N2CCN[C@@H](C)C2)c(C#N)c1. The number of benzene rings is 1. The van der Waals surface area contributed by atoms with Crippen molar-refractivity contribution in [2.75, 3.05) is 24.5 Å². The molecule has 1 fully saturated rings. The minimum atomic E-state index is 0.488. The minimum Gasteiger partial charge on any atom is -0.368 e. The number of hydrogen-bond donors (Lipinski definition) is 1. The molecule has 1 atom stereocenters. The highest BCUT2D eigenvalue weighted by Crippen LogP contribution is 2.22. The lowest BCUT2D eigenvalue weighted by Crippen LogP contribution is -2.49. The maximum atomic E-state index is 9.15. The summed E-state index contributed by atoms with van der Waals surface area (Å²) < 4.78 is 0. The molecule has 1 aromatic rings. The largest absolute Gasteiger partial charge is 0.368 e. The van der Waals surface area contributed by atoms with Crippen molar-refractivity contribution in [3.05, 3.63) is 29.3 Å². The third-order valence-electron chi connectivity index (χ3n) is 2.98. The molecule has 1 N–H and O–H groups in total. The van der Waals surface area contributed by atoms with Gasteiger partial charge in [-0.1, -0.05) is 6.07 Å². The van der Waals surface area contributed by atoms with Crippen LogP contribution in [0.25, 0.3) is 0 Å². The van der Waals surface area contributed by atoms with Crippen molar-refractivity contribution in [3.8, 4) is 6.07 Å². The molecular formula is C13H17N3. The molecule has 1 aliphatic heterocycles. The number of nitrogens with zero attached hydrogens (tertiary/aromatic N) is 2. The zero-order valence-corrected chi connectivity index (χ0v) is 9.83. The smallest absolute Gasteiger partial charge is 0.101 e. The molecule has 0 aromatic heterocycles. The number of hydrogen-bond acceptors (Lipinski definition) is 3. The summed E-state index contributed by atoms with van der Waals surface area (Å²) in [5.74, 6) is 0. The first-order valence-corrected chi connectivity index (χ1v) is 5.70. The van der Waals surface area contributed by atoms with E-state index in [1.165, 1.54) is 0 Å². The Morgan fingerprint density at radius 3 is 3.00 bits per heavy atom. The Bertz CT molecular complexity index is 420. The summed E-state index contributed by atoms with van der Waals surface area (Å²) in [4.78, 5) is 2.29. The van der Waals surface area contributed by atoms with E-state index in [0.29, 0.717) is 6.04 Å². The lowest BCUT2D eigenvalue weighted by molar-refractivity contribution is 0.484. The van der Waals surface area contributed by atoms with Crippen LogP contribution in [0.2, 0.25) is 0 Å². The molecule has 1 heterocycles. The van der Waals surface area contributed by atoms with E-state index in [1.807, 2.05) is 13.0 Å². The maximum Gasteiger partial charge on any atom is 0.101 e. The molecule has 16 heavy (non-hydrogen) atoms. The zero-order chi connectivity index (χ0) is 11.5. The van der Waals surface area contributed by atoms with Crippen LogP contribution in [0.4, 0.5) is 5.69 Å². The Kier molecular flexibility index (Phi) is 3.12. The summed E-state index contributed by atoms with van der Waals surface area (Å²) in [6.45, 7) is 7.12. The van der Waals surface area contributed by atoms with Gasteiger partial charge >= 0.3 is 0 Å². The van der Waals surface area contributed by atoms with E-state index in [0.717, 1.165) is 36.4 Å². The van der Waals surface area contributed by atoms with Crippen LogP contribution in [-0.4, -0.2) is 25.7 Å². The fourth-order valence-electron chi connectivity index (χ4n) is 2.17. The van der Waals surface area contributed by atoms with Gasteiger partial charge in [0.15, 0.2) is 0 Å². The second-order valence-corrected chi connectivity index (χ2v) is 4.43. The van der Waals surface area contributed by atoms with Gasteiger partial charge in [0.05, 0.1) is 11.3 Å². The normalized spacial score (nSPS) is 20.6. The quantitative estimate of drug-likeness (QED) is 0.774. The topological polar surface area (TPSA) is 39.1 Å². The van der Waals surface area contributed by atoms with Gasteiger partial charge in [0.1, 0.15) is 6.07 Å². The van der Waals surface area contributed by atoms with Crippen LogP contribution < -0.4 is 10.2 Å². The first kappa shape index (κ1) is 11.0. The van der Waals surface area contributed by atoms with E-state index in [4.69, 9.17) is 5.26 Å². The molecule has 1 aromatic carbocycles. The summed E-state index contributed by atoms with van der Waals surface area (Å²) in [7, 11) is 0. The van der Waals surface area contributed by atoms with E-state index in [1.54, 1.807) is 0 Å². The molecule has 3 heteroatoms. The number of aryl methyl sites for hydroxylation is 1. The molecule has 2 rings (SSSR count). The second-order valence-electron chi connectivity index (χ2n) is 4.43. The van der Waals surface area contributed by atoms with Crippen LogP contribution in [0.15, 0.2) is 18.2 Å². The molecule has 0 saturated carbocycles. The van der Waals surface area contributed by atoms with E-state index in [9.17, 15) is 0 Å². The molecule has 0 unspecified atom stereocenters. The van der Waals surface area contributed by atoms with Crippen molar-refractivity contribution in [2.45, 2.75) is 19.9 Å². The number of piperazine rings is 1. The molecule has 3 nitrogen and oxygen atoms in total. The molecule has 0 amide bonds. The van der Waals surface area contributed by atoms with Crippen LogP contribution in [0, 0.1) is 18.3 Å². The fraction of sp³-hybridized carbons (Fsp3) is 0.462. The Morgan fingerprint density at radius 1 is 1.50 bits per heavy atom. The van der Waals surface area contributed by atoms with Gasteiger partial charge in [-0.15, -0.1) is 0 Å². The van der Waals surface area contributed by atoms with Crippen LogP contribution in [0.1, 0.15) is 18.1 Å². The summed E-state index contributed by atoms with van der Waals surface area (Å²) in [6, 6.07) is 8.87. The summed E-state index contributed by atoms with van der Waals surface area (Å²) in [5, 5.41) is 12.6. The first-order valence-electron chi connectivity index (χ1n) is 5.70. The van der Waals surface area contributed by atoms with Gasteiger partial charge < -0.3 is 10.2 Å². The average molecular weight is 215 g/mol. The Labute approximate surface area is 96.7 Å². The second kappa shape index (κ2) is 4.54. The van der Waals surface area contributed by atoms with Gasteiger partial charge in [-0.05, 0) is 31.5 Å². The third kappa shape index (κ3) is 2.17. The Balaban J connectivity index is 2.29. The molecule has 1 aliphatic rings. The van der Waals surface area contributed by atoms with E-state index in [-0.39, 0.29) is 0 Å². The maximum absolute atomic E-state index is 9.15. The zero-order valence-electron chi connectivity index (χ0n) is 9.83. The molecule has 0 bridgehead atoms. The van der Waals surface area contributed by atoms with Crippen molar-refractivity contribution in [2.24, 2.45) is 0 Å². The molecule has 0 radical (unpaired) electrons. The summed E-state index contributed by atoms with van der Waals surface area (Å²) in [6.07, 6.45) is 0. The molecular weight excluding hydrogens is 198 g/mol. The molecule has 1 saturated heterocycles. The first-order chi connectivity index (χ1) is 7.70. The monoisotopic (exact) mass is 215 g/mol. The number of rotatable bonds is 1. The van der Waals surface area contributed by atoms with E-state index >= 15 is 0 Å². The molecule has 0 spiro atoms. The minimum absolute atomic E-state index is 0.488. The third-order valence-corrected chi connectivity index (χ3v) is 2.98. The van der Waals surface area contributed by atoms with Crippen LogP contribution in [0.5, 0.6) is 0 Å². The molecule has 0 aliphatic carbocycles. The number of anilines is 1. The van der Waals surface area contributed by atoms with Gasteiger partial charge in [0.2, 0.25) is 0 Å². The van der Waals surface area contributed by atoms with Crippen molar-refractivity contribution in [3.63, 3.8) is 0 Å². The van der Waals surface area contributed by atoms with Crippen molar-refractivity contribution in [1.29, 1.82) is 5.26 Å². The number of nitrogens with one attached hydrogen (secondary N) is 1. The predicted octanol–water partition coefficient (Wildman–Crippen LogP) is 1.66. The van der Waals surface area contributed by atoms with Crippen molar-refractivity contribution in [1.82, 2.24) is 5.32 Å².